The first-order valence-corrected chi connectivity index (χ1v) is 16.6. The van der Waals surface area contributed by atoms with Crippen molar-refractivity contribution in [1.82, 2.24) is 0 Å². The molecule has 0 aliphatic heterocycles. The summed E-state index contributed by atoms with van der Waals surface area (Å²) in [6.45, 7) is 11.4. The Kier molecular flexibility index (Phi) is 8.00. The maximum Gasteiger partial charge on any atom is 0.111 e. The van der Waals surface area contributed by atoms with Gasteiger partial charge in [-0.25, -0.2) is 0 Å². The summed E-state index contributed by atoms with van der Waals surface area (Å²) >= 11 is 0. The molecule has 4 aromatic carbocycles. The summed E-state index contributed by atoms with van der Waals surface area (Å²) in [5.41, 5.74) is 14.1. The normalized spacial score (nSPS) is 15.7. The maximum absolute atomic E-state index is 2.56. The predicted octanol–water partition coefficient (Wildman–Crippen LogP) is 11.2. The van der Waals surface area contributed by atoms with Crippen LogP contribution < -0.4 is 0 Å². The molecule has 0 N–H and O–H groups in total. The number of unbranched alkanes of at least 4 members (excludes halogenated alkanes) is 1. The SMILES string of the molecule is CCCCC1C([Si]C2=Cc3c(cccc3-c3ccc(C(C)C)cc3)C2)=Cc2c(-c3ccc(C(C)C)cc3)cccc21. The second-order valence-electron chi connectivity index (χ2n) is 12.5. The zero-order chi connectivity index (χ0) is 28.5. The zero-order valence-electron chi connectivity index (χ0n) is 25.3. The van der Waals surface area contributed by atoms with Crippen LogP contribution in [0.1, 0.15) is 105 Å². The highest BCUT2D eigenvalue weighted by Crippen LogP contribution is 2.45. The molecule has 6 rings (SSSR count). The van der Waals surface area contributed by atoms with Crippen molar-refractivity contribution >= 4 is 21.7 Å². The lowest BCUT2D eigenvalue weighted by atomic mass is 9.90. The first kappa shape index (κ1) is 27.7. The molecular weight excluding hydrogens is 509 g/mol. The molecule has 0 fully saturated rings. The average molecular weight is 551 g/mol. The van der Waals surface area contributed by atoms with Crippen molar-refractivity contribution in [1.29, 1.82) is 0 Å². The number of benzene rings is 4. The van der Waals surface area contributed by atoms with Gasteiger partial charge in [-0.3, -0.25) is 0 Å². The van der Waals surface area contributed by atoms with Gasteiger partial charge in [0.05, 0.1) is 0 Å². The van der Waals surface area contributed by atoms with E-state index >= 15 is 0 Å². The number of fused-ring (bicyclic) bond motifs is 2. The van der Waals surface area contributed by atoms with E-state index in [2.05, 4.69) is 132 Å². The van der Waals surface area contributed by atoms with E-state index in [1.165, 1.54) is 74.9 Å². The molecule has 2 radical (unpaired) electrons. The lowest BCUT2D eigenvalue weighted by Gasteiger charge is -2.18. The van der Waals surface area contributed by atoms with Gasteiger partial charge in [-0.15, -0.1) is 0 Å². The van der Waals surface area contributed by atoms with Crippen LogP contribution in [0.4, 0.5) is 0 Å². The predicted molar refractivity (Wildman–Crippen MR) is 180 cm³/mol. The largest absolute Gasteiger partial charge is 0.111 e. The summed E-state index contributed by atoms with van der Waals surface area (Å²) < 4.78 is 0. The van der Waals surface area contributed by atoms with Gasteiger partial charge in [0.25, 0.3) is 0 Å². The number of hydrogen-bond donors (Lipinski definition) is 0. The Morgan fingerprint density at radius 1 is 0.683 bits per heavy atom. The van der Waals surface area contributed by atoms with Gasteiger partial charge in [0.2, 0.25) is 0 Å². The molecule has 0 heterocycles. The molecule has 41 heavy (non-hydrogen) atoms. The van der Waals surface area contributed by atoms with Crippen molar-refractivity contribution in [3.8, 4) is 22.3 Å². The molecule has 0 bridgehead atoms. The van der Waals surface area contributed by atoms with Crippen molar-refractivity contribution in [2.75, 3.05) is 0 Å². The molecule has 4 aromatic rings. The van der Waals surface area contributed by atoms with Crippen LogP contribution in [0.2, 0.25) is 0 Å². The Morgan fingerprint density at radius 2 is 1.27 bits per heavy atom. The average Bonchev–Trinajstić information content (AvgIpc) is 3.56. The van der Waals surface area contributed by atoms with Crippen molar-refractivity contribution < 1.29 is 0 Å². The van der Waals surface area contributed by atoms with Crippen LogP contribution in [-0.2, 0) is 6.42 Å². The van der Waals surface area contributed by atoms with E-state index in [0.717, 1.165) is 15.9 Å². The van der Waals surface area contributed by atoms with E-state index in [-0.39, 0.29) is 0 Å². The molecule has 1 unspecified atom stereocenters. The Bertz CT molecular complexity index is 1600. The molecule has 1 atom stereocenters. The van der Waals surface area contributed by atoms with E-state index in [0.29, 0.717) is 17.8 Å². The summed E-state index contributed by atoms with van der Waals surface area (Å²) in [7, 11) is 0.743. The Morgan fingerprint density at radius 3 is 1.85 bits per heavy atom. The molecule has 0 saturated heterocycles. The van der Waals surface area contributed by atoms with Crippen LogP contribution in [0.3, 0.4) is 0 Å². The summed E-state index contributed by atoms with van der Waals surface area (Å²) in [6, 6.07) is 32.4. The van der Waals surface area contributed by atoms with Crippen LogP contribution in [0.25, 0.3) is 34.4 Å². The Hall–Kier alpha value is -3.42. The highest BCUT2D eigenvalue weighted by atomic mass is 28.2. The first-order valence-electron chi connectivity index (χ1n) is 15.6. The van der Waals surface area contributed by atoms with E-state index in [1.54, 1.807) is 10.4 Å². The van der Waals surface area contributed by atoms with Gasteiger partial charge in [0, 0.05) is 5.92 Å². The van der Waals surface area contributed by atoms with Crippen LogP contribution >= 0.6 is 0 Å². The van der Waals surface area contributed by atoms with Crippen molar-refractivity contribution in [3.05, 3.63) is 129 Å². The van der Waals surface area contributed by atoms with Gasteiger partial charge in [-0.05, 0) is 80.3 Å². The van der Waals surface area contributed by atoms with Crippen LogP contribution in [0.5, 0.6) is 0 Å². The number of hydrogen-bond acceptors (Lipinski definition) is 0. The summed E-state index contributed by atoms with van der Waals surface area (Å²) in [5.74, 6) is 1.65. The minimum Gasteiger partial charge on any atom is -0.0748 e. The second kappa shape index (κ2) is 11.8. The lowest BCUT2D eigenvalue weighted by Crippen LogP contribution is -2.08. The summed E-state index contributed by atoms with van der Waals surface area (Å²) in [4.78, 5) is 0. The molecule has 0 amide bonds. The maximum atomic E-state index is 2.56. The summed E-state index contributed by atoms with van der Waals surface area (Å²) in [5, 5.41) is 3.20. The highest BCUT2D eigenvalue weighted by molar-refractivity contribution is 6.57. The monoisotopic (exact) mass is 550 g/mol. The molecule has 2 aliphatic rings. The highest BCUT2D eigenvalue weighted by Gasteiger charge is 2.29. The Balaban J connectivity index is 1.32. The third-order valence-corrected chi connectivity index (χ3v) is 10.4. The molecule has 0 saturated carbocycles. The second-order valence-corrected chi connectivity index (χ2v) is 14.0. The van der Waals surface area contributed by atoms with Gasteiger partial charge >= 0.3 is 0 Å². The summed E-state index contributed by atoms with van der Waals surface area (Å²) in [6.07, 6.45) is 9.91. The smallest absolute Gasteiger partial charge is 0.0748 e. The quantitative estimate of drug-likeness (QED) is 0.182. The molecule has 206 valence electrons. The molecular formula is C40H42Si. The third-order valence-electron chi connectivity index (χ3n) is 9.01. The van der Waals surface area contributed by atoms with Crippen LogP contribution in [0, 0.1) is 0 Å². The topological polar surface area (TPSA) is 0 Å². The van der Waals surface area contributed by atoms with Gasteiger partial charge in [0.15, 0.2) is 0 Å². The lowest BCUT2D eigenvalue weighted by molar-refractivity contribution is 0.663. The van der Waals surface area contributed by atoms with E-state index in [4.69, 9.17) is 0 Å². The van der Waals surface area contributed by atoms with Crippen LogP contribution in [-0.4, -0.2) is 9.52 Å². The first-order chi connectivity index (χ1) is 19.9. The minimum atomic E-state index is 0.533. The van der Waals surface area contributed by atoms with Crippen molar-refractivity contribution in [3.63, 3.8) is 0 Å². The van der Waals surface area contributed by atoms with Crippen molar-refractivity contribution in [2.24, 2.45) is 0 Å². The van der Waals surface area contributed by atoms with Crippen LogP contribution in [0.15, 0.2) is 95.3 Å². The standard InChI is InChI=1S/C40H42Si/c1-6-7-11-37-36-14-9-13-35(31-21-17-29(18-22-31)27(4)5)39(36)25-40(37)41-33-23-32-10-8-12-34(38(32)24-33)30-19-15-28(16-20-30)26(2)3/h8-10,12-22,24-27,37H,6-7,11,23H2,1-5H3. The van der Waals surface area contributed by atoms with E-state index < -0.39 is 0 Å². The minimum absolute atomic E-state index is 0.533. The Labute approximate surface area is 250 Å². The zero-order valence-corrected chi connectivity index (χ0v) is 26.3. The molecule has 0 spiro atoms. The van der Waals surface area contributed by atoms with Gasteiger partial charge in [0.1, 0.15) is 9.52 Å². The molecule has 0 nitrogen and oxygen atoms in total. The van der Waals surface area contributed by atoms with E-state index in [1.807, 2.05) is 0 Å². The van der Waals surface area contributed by atoms with Gasteiger partial charge in [-0.2, -0.15) is 0 Å². The van der Waals surface area contributed by atoms with Gasteiger partial charge in [-0.1, -0.05) is 155 Å². The fourth-order valence-corrected chi connectivity index (χ4v) is 8.10. The fourth-order valence-electron chi connectivity index (χ4n) is 6.55. The number of rotatable bonds is 9. The molecule has 2 aliphatic carbocycles. The van der Waals surface area contributed by atoms with Crippen molar-refractivity contribution in [2.45, 2.75) is 78.1 Å². The third kappa shape index (κ3) is 5.57. The molecule has 1 heteroatoms. The van der Waals surface area contributed by atoms with E-state index in [9.17, 15) is 0 Å². The fraction of sp³-hybridized carbons (Fsp3) is 0.300. The van der Waals surface area contributed by atoms with Gasteiger partial charge < -0.3 is 0 Å². The molecule has 0 aromatic heterocycles. The number of allylic oxidation sites excluding steroid dienone is 2.